The van der Waals surface area contributed by atoms with Crippen LogP contribution in [0.5, 0.6) is 0 Å². The van der Waals surface area contributed by atoms with Crippen LogP contribution in [-0.4, -0.2) is 16.1 Å². The second-order valence-electron chi connectivity index (χ2n) is 7.38. The van der Waals surface area contributed by atoms with Crippen LogP contribution in [0.15, 0.2) is 59.9 Å². The second-order valence-corrected chi connectivity index (χ2v) is 7.38. The molecule has 4 nitrogen and oxygen atoms in total. The lowest BCUT2D eigenvalue weighted by atomic mass is 9.99. The molecular formula is C23H27N3O. The van der Waals surface area contributed by atoms with Gasteiger partial charge in [-0.15, -0.1) is 6.58 Å². The maximum absolute atomic E-state index is 12.7. The number of hydrogen-bond donors (Lipinski definition) is 1. The number of benzene rings is 2. The molecule has 0 amide bonds. The van der Waals surface area contributed by atoms with Crippen LogP contribution in [0.1, 0.15) is 45.2 Å². The first-order chi connectivity index (χ1) is 12.9. The Hall–Kier alpha value is -2.88. The molecule has 0 bridgehead atoms. The third kappa shape index (κ3) is 3.80. The Labute approximate surface area is 160 Å². The minimum Gasteiger partial charge on any atom is -0.382 e. The molecule has 4 heteroatoms. The highest BCUT2D eigenvalue weighted by atomic mass is 16.1. The molecule has 0 aliphatic carbocycles. The molecular weight excluding hydrogens is 334 g/mol. The van der Waals surface area contributed by atoms with E-state index in [2.05, 4.69) is 61.1 Å². The summed E-state index contributed by atoms with van der Waals surface area (Å²) in [5.41, 5.74) is 4.62. The molecule has 3 rings (SSSR count). The average molecular weight is 361 g/mol. The van der Waals surface area contributed by atoms with Crippen molar-refractivity contribution in [3.63, 3.8) is 0 Å². The highest BCUT2D eigenvalue weighted by Crippen LogP contribution is 2.30. The molecule has 140 valence electrons. The Morgan fingerprint density at radius 3 is 2.41 bits per heavy atom. The van der Waals surface area contributed by atoms with E-state index in [9.17, 15) is 4.79 Å². The first-order valence-corrected chi connectivity index (χ1v) is 9.43. The number of fused-ring (bicyclic) bond motifs is 1. The summed E-state index contributed by atoms with van der Waals surface area (Å²) in [5, 5.41) is 4.29. The lowest BCUT2D eigenvalue weighted by Gasteiger charge is -2.17. The fraction of sp³-hybridized carbons (Fsp3) is 0.304. The van der Waals surface area contributed by atoms with E-state index in [1.165, 1.54) is 5.56 Å². The van der Waals surface area contributed by atoms with Crippen LogP contribution in [0.25, 0.3) is 22.2 Å². The van der Waals surface area contributed by atoms with Gasteiger partial charge in [0.15, 0.2) is 0 Å². The van der Waals surface area contributed by atoms with E-state index < -0.39 is 0 Å². The smallest absolute Gasteiger partial charge is 0.348 e. The zero-order valence-electron chi connectivity index (χ0n) is 16.5. The van der Waals surface area contributed by atoms with Crippen molar-refractivity contribution in [3.8, 4) is 11.3 Å². The van der Waals surface area contributed by atoms with Gasteiger partial charge < -0.3 is 5.32 Å². The van der Waals surface area contributed by atoms with Crippen LogP contribution < -0.4 is 11.0 Å². The molecule has 0 unspecified atom stereocenters. The predicted octanol–water partition coefficient (Wildman–Crippen LogP) is 5.37. The van der Waals surface area contributed by atoms with Gasteiger partial charge in [0, 0.05) is 29.2 Å². The fourth-order valence-electron chi connectivity index (χ4n) is 3.29. The van der Waals surface area contributed by atoms with Gasteiger partial charge in [-0.1, -0.05) is 44.2 Å². The maximum Gasteiger partial charge on any atom is 0.348 e. The van der Waals surface area contributed by atoms with E-state index in [1.54, 1.807) is 4.57 Å². The van der Waals surface area contributed by atoms with Crippen molar-refractivity contribution in [2.24, 2.45) is 0 Å². The van der Waals surface area contributed by atoms with Gasteiger partial charge in [-0.05, 0) is 43.5 Å². The molecule has 0 saturated heterocycles. The molecule has 3 aromatic rings. The van der Waals surface area contributed by atoms with Gasteiger partial charge in [-0.25, -0.2) is 4.79 Å². The van der Waals surface area contributed by atoms with Gasteiger partial charge in [0.2, 0.25) is 0 Å². The fourth-order valence-corrected chi connectivity index (χ4v) is 3.29. The van der Waals surface area contributed by atoms with Crippen LogP contribution in [0, 0.1) is 0 Å². The Balaban J connectivity index is 2.25. The van der Waals surface area contributed by atoms with Crippen LogP contribution >= 0.6 is 0 Å². The number of hydrogen-bond acceptors (Lipinski definition) is 3. The van der Waals surface area contributed by atoms with Gasteiger partial charge in [-0.3, -0.25) is 4.57 Å². The predicted molar refractivity (Wildman–Crippen MR) is 115 cm³/mol. The SMILES string of the molecule is C=CCNc1ccc2c(c1)c(-c1ccc(C(C)C)cc1)nc(=O)n2C(C)C. The van der Waals surface area contributed by atoms with Crippen LogP contribution in [-0.2, 0) is 0 Å². The van der Waals surface area contributed by atoms with Crippen molar-refractivity contribution in [2.75, 3.05) is 11.9 Å². The Kier molecular flexibility index (Phi) is 5.45. The van der Waals surface area contributed by atoms with E-state index in [0.29, 0.717) is 12.5 Å². The molecule has 0 atom stereocenters. The molecule has 1 aromatic heterocycles. The number of anilines is 1. The van der Waals surface area contributed by atoms with Crippen LogP contribution in [0.3, 0.4) is 0 Å². The second kappa shape index (κ2) is 7.78. The van der Waals surface area contributed by atoms with Crippen molar-refractivity contribution < 1.29 is 0 Å². The summed E-state index contributed by atoms with van der Waals surface area (Å²) in [6, 6.07) is 14.4. The van der Waals surface area contributed by atoms with Crippen molar-refractivity contribution in [2.45, 2.75) is 39.7 Å². The molecule has 0 aliphatic rings. The molecule has 1 N–H and O–H groups in total. The lowest BCUT2D eigenvalue weighted by Crippen LogP contribution is -2.25. The van der Waals surface area contributed by atoms with E-state index in [4.69, 9.17) is 0 Å². The minimum absolute atomic E-state index is 0.0388. The molecule has 27 heavy (non-hydrogen) atoms. The maximum atomic E-state index is 12.7. The average Bonchev–Trinajstić information content (AvgIpc) is 2.65. The van der Waals surface area contributed by atoms with Gasteiger partial charge >= 0.3 is 5.69 Å². The normalized spacial score (nSPS) is 11.3. The third-order valence-electron chi connectivity index (χ3n) is 4.74. The highest BCUT2D eigenvalue weighted by Gasteiger charge is 2.15. The first-order valence-electron chi connectivity index (χ1n) is 9.43. The standard InChI is InChI=1S/C23H27N3O/c1-6-13-24-19-11-12-21-20(14-19)22(25-23(27)26(21)16(4)5)18-9-7-17(8-10-18)15(2)3/h6-12,14-16,24H,1,13H2,2-5H3. The highest BCUT2D eigenvalue weighted by molar-refractivity contribution is 5.94. The monoisotopic (exact) mass is 361 g/mol. The topological polar surface area (TPSA) is 46.9 Å². The number of aromatic nitrogens is 2. The molecule has 1 heterocycles. The Morgan fingerprint density at radius 2 is 1.81 bits per heavy atom. The lowest BCUT2D eigenvalue weighted by molar-refractivity contribution is 0.587. The molecule has 2 aromatic carbocycles. The van der Waals surface area contributed by atoms with Crippen molar-refractivity contribution in [3.05, 3.63) is 71.2 Å². The third-order valence-corrected chi connectivity index (χ3v) is 4.74. The van der Waals surface area contributed by atoms with Crippen molar-refractivity contribution in [1.29, 1.82) is 0 Å². The number of rotatable bonds is 6. The summed E-state index contributed by atoms with van der Waals surface area (Å²) in [4.78, 5) is 17.2. The van der Waals surface area contributed by atoms with Gasteiger partial charge in [0.1, 0.15) is 0 Å². The Morgan fingerprint density at radius 1 is 1.11 bits per heavy atom. The zero-order chi connectivity index (χ0) is 19.6. The number of nitrogens with zero attached hydrogens (tertiary/aromatic N) is 2. The molecule has 0 aliphatic heterocycles. The summed E-state index contributed by atoms with van der Waals surface area (Å²) >= 11 is 0. The largest absolute Gasteiger partial charge is 0.382 e. The van der Waals surface area contributed by atoms with Crippen LogP contribution in [0.2, 0.25) is 0 Å². The summed E-state index contributed by atoms with van der Waals surface area (Å²) in [6.45, 7) is 12.8. The zero-order valence-corrected chi connectivity index (χ0v) is 16.5. The van der Waals surface area contributed by atoms with E-state index in [-0.39, 0.29) is 11.7 Å². The van der Waals surface area contributed by atoms with Gasteiger partial charge in [0.05, 0.1) is 11.2 Å². The van der Waals surface area contributed by atoms with Gasteiger partial charge in [0.25, 0.3) is 0 Å². The quantitative estimate of drug-likeness (QED) is 0.601. The van der Waals surface area contributed by atoms with Crippen LogP contribution in [0.4, 0.5) is 5.69 Å². The van der Waals surface area contributed by atoms with E-state index in [1.807, 2.05) is 32.1 Å². The summed E-state index contributed by atoms with van der Waals surface area (Å²) < 4.78 is 1.75. The molecule has 0 radical (unpaired) electrons. The Bertz CT molecular complexity index is 1010. The van der Waals surface area contributed by atoms with Crippen molar-refractivity contribution >= 4 is 16.6 Å². The molecule has 0 saturated carbocycles. The van der Waals surface area contributed by atoms with Gasteiger partial charge in [-0.2, -0.15) is 4.98 Å². The van der Waals surface area contributed by atoms with Crippen molar-refractivity contribution in [1.82, 2.24) is 9.55 Å². The summed E-state index contributed by atoms with van der Waals surface area (Å²) in [5.74, 6) is 0.465. The first kappa shape index (κ1) is 18.9. The summed E-state index contributed by atoms with van der Waals surface area (Å²) in [7, 11) is 0. The number of nitrogens with one attached hydrogen (secondary N) is 1. The minimum atomic E-state index is -0.216. The molecule has 0 spiro atoms. The molecule has 0 fully saturated rings. The van der Waals surface area contributed by atoms with E-state index in [0.717, 1.165) is 27.8 Å². The van der Waals surface area contributed by atoms with E-state index >= 15 is 0 Å². The summed E-state index contributed by atoms with van der Waals surface area (Å²) in [6.07, 6.45) is 1.82.